The van der Waals surface area contributed by atoms with Crippen molar-refractivity contribution in [1.82, 2.24) is 0 Å². The summed E-state index contributed by atoms with van der Waals surface area (Å²) >= 11 is 0. The lowest BCUT2D eigenvalue weighted by Crippen LogP contribution is -2.11. The molecule has 0 aliphatic carbocycles. The summed E-state index contributed by atoms with van der Waals surface area (Å²) in [4.78, 5) is 1.57. The van der Waals surface area contributed by atoms with Crippen LogP contribution < -0.4 is 9.47 Å². The van der Waals surface area contributed by atoms with Gasteiger partial charge in [0.05, 0.1) is 24.0 Å². The van der Waals surface area contributed by atoms with Crippen molar-refractivity contribution in [2.24, 2.45) is 11.8 Å². The Balaban J connectivity index is 1.88. The van der Waals surface area contributed by atoms with E-state index in [0.29, 0.717) is 11.8 Å². The first-order valence-electron chi connectivity index (χ1n) is 12.5. The van der Waals surface area contributed by atoms with Crippen LogP contribution in [0, 0.1) is 11.8 Å². The molecule has 2 rings (SSSR count). The first-order valence-corrected chi connectivity index (χ1v) is 13.6. The van der Waals surface area contributed by atoms with Crippen LogP contribution in [0.4, 0.5) is 0 Å². The third kappa shape index (κ3) is 8.97. The maximum Gasteiger partial charge on any atom is 0.119 e. The molecule has 0 N–H and O–H groups in total. The summed E-state index contributed by atoms with van der Waals surface area (Å²) in [6.45, 7) is 10.4. The average molecular weight is 459 g/mol. The highest BCUT2D eigenvalue weighted by atomic mass is 32.2. The van der Waals surface area contributed by atoms with Crippen molar-refractivity contribution < 1.29 is 13.7 Å². The Morgan fingerprint density at radius 1 is 0.656 bits per heavy atom. The molecule has 3 nitrogen and oxygen atoms in total. The van der Waals surface area contributed by atoms with Gasteiger partial charge >= 0.3 is 0 Å². The van der Waals surface area contributed by atoms with Gasteiger partial charge in [0.1, 0.15) is 11.5 Å². The maximum absolute atomic E-state index is 13.0. The van der Waals surface area contributed by atoms with Crippen molar-refractivity contribution >= 4 is 10.8 Å². The van der Waals surface area contributed by atoms with Gasteiger partial charge in [-0.15, -0.1) is 0 Å². The summed E-state index contributed by atoms with van der Waals surface area (Å²) in [6, 6.07) is 15.3. The SMILES string of the molecule is CCCCC(CC)COc1ccc(S(=O)c2ccc(OCC(CC)CCCC)cc2)cc1. The fourth-order valence-corrected chi connectivity index (χ4v) is 4.72. The molecule has 0 spiro atoms. The molecule has 0 aliphatic rings. The zero-order valence-electron chi connectivity index (χ0n) is 20.5. The summed E-state index contributed by atoms with van der Waals surface area (Å²) < 4.78 is 24.9. The molecule has 0 amide bonds. The second-order valence-corrected chi connectivity index (χ2v) is 10.1. The van der Waals surface area contributed by atoms with Crippen molar-refractivity contribution in [2.45, 2.75) is 88.9 Å². The highest BCUT2D eigenvalue weighted by Crippen LogP contribution is 2.24. The second-order valence-electron chi connectivity index (χ2n) is 8.67. The Morgan fingerprint density at radius 3 is 1.34 bits per heavy atom. The Bertz CT molecular complexity index is 705. The van der Waals surface area contributed by atoms with Gasteiger partial charge in [-0.05, 0) is 73.2 Å². The van der Waals surface area contributed by atoms with E-state index in [1.807, 2.05) is 48.5 Å². The normalized spacial score (nSPS) is 14.0. The Kier molecular flexibility index (Phi) is 12.5. The molecule has 2 aromatic carbocycles. The topological polar surface area (TPSA) is 35.5 Å². The van der Waals surface area contributed by atoms with E-state index in [-0.39, 0.29) is 0 Å². The monoisotopic (exact) mass is 458 g/mol. The van der Waals surface area contributed by atoms with Crippen LogP contribution >= 0.6 is 0 Å². The molecule has 32 heavy (non-hydrogen) atoms. The predicted molar refractivity (Wildman–Crippen MR) is 135 cm³/mol. The van der Waals surface area contributed by atoms with Gasteiger partial charge in [0.2, 0.25) is 0 Å². The van der Waals surface area contributed by atoms with Crippen LogP contribution in [0.15, 0.2) is 58.3 Å². The molecule has 0 aromatic heterocycles. The molecule has 2 atom stereocenters. The summed E-state index contributed by atoms with van der Waals surface area (Å²) in [5.41, 5.74) is 0. The number of benzene rings is 2. The summed E-state index contributed by atoms with van der Waals surface area (Å²) in [5.74, 6) is 2.89. The van der Waals surface area contributed by atoms with Crippen LogP contribution in [-0.4, -0.2) is 17.4 Å². The van der Waals surface area contributed by atoms with Gasteiger partial charge in [-0.2, -0.15) is 0 Å². The number of hydrogen-bond acceptors (Lipinski definition) is 3. The summed E-state index contributed by atoms with van der Waals surface area (Å²) in [6.07, 6.45) is 9.66. The second kappa shape index (κ2) is 15.1. The smallest absolute Gasteiger partial charge is 0.119 e. The van der Waals surface area contributed by atoms with E-state index in [4.69, 9.17) is 9.47 Å². The molecular weight excluding hydrogens is 416 g/mol. The van der Waals surface area contributed by atoms with Crippen molar-refractivity contribution in [3.8, 4) is 11.5 Å². The molecule has 2 aromatic rings. The van der Waals surface area contributed by atoms with E-state index in [9.17, 15) is 4.21 Å². The predicted octanol–water partition coefficient (Wildman–Crippen LogP) is 8.04. The molecule has 0 radical (unpaired) electrons. The number of rotatable bonds is 16. The van der Waals surface area contributed by atoms with Crippen LogP contribution in [-0.2, 0) is 10.8 Å². The maximum atomic E-state index is 13.0. The van der Waals surface area contributed by atoms with Gasteiger partial charge in [0.25, 0.3) is 0 Å². The molecule has 0 aliphatic heterocycles. The molecule has 0 saturated heterocycles. The van der Waals surface area contributed by atoms with Crippen LogP contribution in [0.3, 0.4) is 0 Å². The van der Waals surface area contributed by atoms with Gasteiger partial charge in [0, 0.05) is 9.79 Å². The van der Waals surface area contributed by atoms with E-state index < -0.39 is 10.8 Å². The van der Waals surface area contributed by atoms with Crippen molar-refractivity contribution in [2.75, 3.05) is 13.2 Å². The largest absolute Gasteiger partial charge is 0.493 e. The average Bonchev–Trinajstić information content (AvgIpc) is 2.84. The third-order valence-electron chi connectivity index (χ3n) is 6.13. The summed E-state index contributed by atoms with van der Waals surface area (Å²) in [5, 5.41) is 0. The van der Waals surface area contributed by atoms with Crippen molar-refractivity contribution in [1.29, 1.82) is 0 Å². The minimum Gasteiger partial charge on any atom is -0.493 e. The molecular formula is C28H42O3S. The lowest BCUT2D eigenvalue weighted by atomic mass is 10.0. The fourth-order valence-electron chi connectivity index (χ4n) is 3.68. The van der Waals surface area contributed by atoms with Gasteiger partial charge in [-0.3, -0.25) is 0 Å². The molecule has 0 bridgehead atoms. The zero-order valence-corrected chi connectivity index (χ0v) is 21.3. The van der Waals surface area contributed by atoms with Gasteiger partial charge in [0.15, 0.2) is 0 Å². The first-order chi connectivity index (χ1) is 15.6. The van der Waals surface area contributed by atoms with E-state index in [1.54, 1.807) is 0 Å². The first kappa shape index (κ1) is 26.4. The number of hydrogen-bond donors (Lipinski definition) is 0. The van der Waals surface area contributed by atoms with Crippen molar-refractivity contribution in [3.05, 3.63) is 48.5 Å². The van der Waals surface area contributed by atoms with E-state index in [1.165, 1.54) is 38.5 Å². The zero-order chi connectivity index (χ0) is 23.2. The standard InChI is InChI=1S/C28H42O3S/c1-5-9-11-23(7-3)21-30-25-13-17-27(18-14-25)32(29)28-19-15-26(16-20-28)31-22-24(8-4)12-10-6-2/h13-20,23-24H,5-12,21-22H2,1-4H3. The number of unbranched alkanes of at least 4 members (excludes halogenated alkanes) is 2. The van der Waals surface area contributed by atoms with Crippen LogP contribution in [0.25, 0.3) is 0 Å². The van der Waals surface area contributed by atoms with Crippen LogP contribution in [0.5, 0.6) is 11.5 Å². The molecule has 178 valence electrons. The third-order valence-corrected chi connectivity index (χ3v) is 7.53. The van der Waals surface area contributed by atoms with Gasteiger partial charge < -0.3 is 9.47 Å². The molecule has 2 unspecified atom stereocenters. The lowest BCUT2D eigenvalue weighted by Gasteiger charge is -2.16. The molecule has 0 heterocycles. The van der Waals surface area contributed by atoms with Gasteiger partial charge in [-0.1, -0.05) is 66.2 Å². The quantitative estimate of drug-likeness (QED) is 0.255. The fraction of sp³-hybridized carbons (Fsp3) is 0.571. The molecule has 4 heteroatoms. The number of ether oxygens (including phenoxy) is 2. The highest BCUT2D eigenvalue weighted by Gasteiger charge is 2.11. The highest BCUT2D eigenvalue weighted by molar-refractivity contribution is 7.85. The molecule has 0 fully saturated rings. The lowest BCUT2D eigenvalue weighted by molar-refractivity contribution is 0.233. The Morgan fingerprint density at radius 2 is 1.03 bits per heavy atom. The van der Waals surface area contributed by atoms with E-state index >= 15 is 0 Å². The summed E-state index contributed by atoms with van der Waals surface area (Å²) in [7, 11) is -1.21. The Hall–Kier alpha value is -1.81. The van der Waals surface area contributed by atoms with Gasteiger partial charge in [-0.25, -0.2) is 4.21 Å². The van der Waals surface area contributed by atoms with Crippen molar-refractivity contribution in [3.63, 3.8) is 0 Å². The minimum atomic E-state index is -1.21. The van der Waals surface area contributed by atoms with E-state index in [2.05, 4.69) is 27.7 Å². The van der Waals surface area contributed by atoms with E-state index in [0.717, 1.165) is 47.3 Å². The van der Waals surface area contributed by atoms with Crippen LogP contribution in [0.2, 0.25) is 0 Å². The molecule has 0 saturated carbocycles. The Labute approximate surface area is 198 Å². The van der Waals surface area contributed by atoms with Crippen LogP contribution in [0.1, 0.15) is 79.1 Å². The minimum absolute atomic E-state index is 0.601.